The average molecular weight is 262 g/mol. The predicted octanol–water partition coefficient (Wildman–Crippen LogP) is 3.92. The quantitative estimate of drug-likeness (QED) is 0.673. The van der Waals surface area contributed by atoms with Crippen LogP contribution in [-0.4, -0.2) is 5.78 Å². The number of rotatable bonds is 0. The monoisotopic (exact) mass is 262 g/mol. The van der Waals surface area contributed by atoms with Crippen LogP contribution in [0.25, 0.3) is 11.1 Å². The molecule has 0 N–H and O–H groups in total. The smallest absolute Gasteiger partial charge is 0.163 e. The molecule has 2 nitrogen and oxygen atoms in total. The molecule has 1 heterocycles. The van der Waals surface area contributed by atoms with Gasteiger partial charge in [-0.3, -0.25) is 4.79 Å². The second-order valence-electron chi connectivity index (χ2n) is 6.00. The number of hydrogen-bond acceptors (Lipinski definition) is 2. The Morgan fingerprint density at radius 1 is 1.10 bits per heavy atom. The molecule has 2 aliphatic carbocycles. The number of epoxide rings is 1. The molecular formula is C18H14O2. The molecule has 3 aliphatic rings. The number of fused-ring (bicyclic) bond motifs is 8. The normalized spacial score (nSPS) is 24.8. The Kier molecular flexibility index (Phi) is 1.83. The summed E-state index contributed by atoms with van der Waals surface area (Å²) in [6.07, 6.45) is 1.93. The number of aryl methyl sites for hydroxylation is 1. The highest BCUT2D eigenvalue weighted by atomic mass is 16.6. The van der Waals surface area contributed by atoms with Crippen molar-refractivity contribution >= 4 is 5.78 Å². The van der Waals surface area contributed by atoms with Crippen molar-refractivity contribution in [1.82, 2.24) is 0 Å². The van der Waals surface area contributed by atoms with Crippen LogP contribution >= 0.6 is 0 Å². The highest BCUT2D eigenvalue weighted by Crippen LogP contribution is 2.61. The molecule has 5 rings (SSSR count). The van der Waals surface area contributed by atoms with E-state index in [1.165, 1.54) is 33.4 Å². The van der Waals surface area contributed by atoms with Crippen molar-refractivity contribution in [2.24, 2.45) is 0 Å². The van der Waals surface area contributed by atoms with Gasteiger partial charge in [0.05, 0.1) is 0 Å². The van der Waals surface area contributed by atoms with E-state index >= 15 is 0 Å². The van der Waals surface area contributed by atoms with Crippen LogP contribution < -0.4 is 0 Å². The molecule has 1 saturated heterocycles. The van der Waals surface area contributed by atoms with E-state index in [1.807, 2.05) is 0 Å². The van der Waals surface area contributed by atoms with Crippen molar-refractivity contribution in [3.63, 3.8) is 0 Å². The summed E-state index contributed by atoms with van der Waals surface area (Å²) >= 11 is 0. The van der Waals surface area contributed by atoms with Crippen molar-refractivity contribution in [2.45, 2.75) is 32.0 Å². The molecule has 1 aliphatic heterocycles. The molecule has 0 spiro atoms. The van der Waals surface area contributed by atoms with Crippen molar-refractivity contribution in [3.8, 4) is 11.1 Å². The van der Waals surface area contributed by atoms with Crippen LogP contribution in [0.1, 0.15) is 51.2 Å². The molecule has 98 valence electrons. The third-order valence-electron chi connectivity index (χ3n) is 4.89. The molecule has 0 saturated carbocycles. The molecule has 20 heavy (non-hydrogen) atoms. The number of ether oxygens (including phenoxy) is 1. The van der Waals surface area contributed by atoms with Crippen LogP contribution in [0, 0.1) is 6.92 Å². The summed E-state index contributed by atoms with van der Waals surface area (Å²) in [4.78, 5) is 12.0. The Labute approximate surface area is 117 Å². The zero-order valence-electron chi connectivity index (χ0n) is 11.3. The Bertz CT molecular complexity index is 788. The lowest BCUT2D eigenvalue weighted by Gasteiger charge is -2.21. The van der Waals surface area contributed by atoms with Crippen LogP contribution in [0.15, 0.2) is 30.3 Å². The van der Waals surface area contributed by atoms with Gasteiger partial charge < -0.3 is 4.74 Å². The standard InChI is InChI=1S/C18H14O2/c1-9-8-13-11(6-7-14(13)19)16-15(9)10-4-2-3-5-12(10)17-18(16)20-17/h2-5,8,17-18H,6-7H2,1H3/t17-,18+/m0/s1. The lowest BCUT2D eigenvalue weighted by atomic mass is 9.80. The van der Waals surface area contributed by atoms with Gasteiger partial charge in [-0.1, -0.05) is 24.3 Å². The van der Waals surface area contributed by atoms with Gasteiger partial charge in [0.2, 0.25) is 0 Å². The maximum atomic E-state index is 12.0. The summed E-state index contributed by atoms with van der Waals surface area (Å²) in [7, 11) is 0. The van der Waals surface area contributed by atoms with Gasteiger partial charge in [0.1, 0.15) is 12.2 Å². The van der Waals surface area contributed by atoms with Crippen LogP contribution in [0.4, 0.5) is 0 Å². The van der Waals surface area contributed by atoms with E-state index in [0.717, 1.165) is 12.0 Å². The Hall–Kier alpha value is -1.93. The highest BCUT2D eigenvalue weighted by Gasteiger charge is 2.49. The van der Waals surface area contributed by atoms with Gasteiger partial charge in [0, 0.05) is 12.0 Å². The summed E-state index contributed by atoms with van der Waals surface area (Å²) in [6.45, 7) is 2.12. The minimum absolute atomic E-state index is 0.180. The topological polar surface area (TPSA) is 29.6 Å². The summed E-state index contributed by atoms with van der Waals surface area (Å²) in [5, 5.41) is 0. The fourth-order valence-corrected chi connectivity index (χ4v) is 3.99. The molecule has 0 unspecified atom stereocenters. The zero-order chi connectivity index (χ0) is 13.4. The highest BCUT2D eigenvalue weighted by molar-refractivity contribution is 6.02. The molecule has 2 aromatic carbocycles. The van der Waals surface area contributed by atoms with E-state index < -0.39 is 0 Å². The van der Waals surface area contributed by atoms with Gasteiger partial charge in [0.15, 0.2) is 5.78 Å². The van der Waals surface area contributed by atoms with Gasteiger partial charge in [-0.15, -0.1) is 0 Å². The molecule has 2 aromatic rings. The second kappa shape index (κ2) is 3.39. The SMILES string of the molecule is Cc1cc2c(c3c1-c1ccccc1[C@@H]1O[C@H]31)CCC2=O. The first-order chi connectivity index (χ1) is 9.75. The average Bonchev–Trinajstić information content (AvgIpc) is 3.18. The maximum absolute atomic E-state index is 12.0. The summed E-state index contributed by atoms with van der Waals surface area (Å²) < 4.78 is 5.93. The Morgan fingerprint density at radius 3 is 2.85 bits per heavy atom. The molecule has 2 heteroatoms. The van der Waals surface area contributed by atoms with Gasteiger partial charge in [-0.05, 0) is 52.8 Å². The number of ketones is 1. The Morgan fingerprint density at radius 2 is 1.95 bits per heavy atom. The first-order valence-corrected chi connectivity index (χ1v) is 7.20. The third-order valence-corrected chi connectivity index (χ3v) is 4.89. The molecule has 0 radical (unpaired) electrons. The maximum Gasteiger partial charge on any atom is 0.163 e. The van der Waals surface area contributed by atoms with Gasteiger partial charge in [-0.25, -0.2) is 0 Å². The van der Waals surface area contributed by atoms with Crippen LogP contribution in [0.3, 0.4) is 0 Å². The fraction of sp³-hybridized carbons (Fsp3) is 0.278. The molecule has 1 fully saturated rings. The zero-order valence-corrected chi connectivity index (χ0v) is 11.3. The summed E-state index contributed by atoms with van der Waals surface area (Å²) in [5.74, 6) is 0.293. The number of carbonyl (C=O) groups is 1. The molecule has 0 aromatic heterocycles. The minimum Gasteiger partial charge on any atom is -0.359 e. The second-order valence-corrected chi connectivity index (χ2v) is 6.00. The Balaban J connectivity index is 1.91. The molecule has 0 amide bonds. The van der Waals surface area contributed by atoms with Crippen LogP contribution in [-0.2, 0) is 11.2 Å². The lowest BCUT2D eigenvalue weighted by Crippen LogP contribution is -2.06. The largest absolute Gasteiger partial charge is 0.359 e. The first kappa shape index (κ1) is 10.8. The van der Waals surface area contributed by atoms with Gasteiger partial charge >= 0.3 is 0 Å². The van der Waals surface area contributed by atoms with E-state index in [1.54, 1.807) is 0 Å². The number of hydrogen-bond donors (Lipinski definition) is 0. The number of carbonyl (C=O) groups excluding carboxylic acids is 1. The van der Waals surface area contributed by atoms with Crippen molar-refractivity contribution < 1.29 is 9.53 Å². The van der Waals surface area contributed by atoms with Crippen molar-refractivity contribution in [1.29, 1.82) is 0 Å². The van der Waals surface area contributed by atoms with Crippen molar-refractivity contribution in [3.05, 3.63) is 58.1 Å². The minimum atomic E-state index is 0.180. The van der Waals surface area contributed by atoms with Crippen molar-refractivity contribution in [2.75, 3.05) is 0 Å². The van der Waals surface area contributed by atoms with E-state index in [9.17, 15) is 4.79 Å². The summed E-state index contributed by atoms with van der Waals surface area (Å²) in [5.41, 5.74) is 8.60. The van der Waals surface area contributed by atoms with Crippen LogP contribution in [0.2, 0.25) is 0 Å². The fourth-order valence-electron chi connectivity index (χ4n) is 3.99. The van der Waals surface area contributed by atoms with E-state index in [-0.39, 0.29) is 12.2 Å². The molecule has 2 atom stereocenters. The van der Waals surface area contributed by atoms with E-state index in [0.29, 0.717) is 12.2 Å². The first-order valence-electron chi connectivity index (χ1n) is 7.20. The molecule has 0 bridgehead atoms. The lowest BCUT2D eigenvalue weighted by molar-refractivity contribution is 0.0994. The van der Waals surface area contributed by atoms with Gasteiger partial charge in [0.25, 0.3) is 0 Å². The van der Waals surface area contributed by atoms with E-state index in [4.69, 9.17) is 4.74 Å². The summed E-state index contributed by atoms with van der Waals surface area (Å²) in [6, 6.07) is 10.6. The molecular weight excluding hydrogens is 248 g/mol. The van der Waals surface area contributed by atoms with Crippen LogP contribution in [0.5, 0.6) is 0 Å². The van der Waals surface area contributed by atoms with Gasteiger partial charge in [-0.2, -0.15) is 0 Å². The van der Waals surface area contributed by atoms with E-state index in [2.05, 4.69) is 37.3 Å². The predicted molar refractivity (Wildman–Crippen MR) is 75.8 cm³/mol. The third kappa shape index (κ3) is 1.16. The number of Topliss-reactive ketones (excluding diaryl/α,β-unsaturated/α-hetero) is 1. The number of benzene rings is 2.